The number of benzene rings is 2. The summed E-state index contributed by atoms with van der Waals surface area (Å²) < 4.78 is 27.3. The summed E-state index contributed by atoms with van der Waals surface area (Å²) in [5.74, 6) is -1.03. The normalized spacial score (nSPS) is 10.5. The average Bonchev–Trinajstić information content (AvgIpc) is 2.19. The number of halogens is 2. The lowest BCUT2D eigenvalue weighted by molar-refractivity contribution is 0.587. The van der Waals surface area contributed by atoms with Gasteiger partial charge in [0.2, 0.25) is 0 Å². The van der Waals surface area contributed by atoms with Gasteiger partial charge in [-0.25, -0.2) is 8.78 Å². The molecule has 2 aromatic rings. The molecule has 82 valence electrons. The molecule has 0 N–H and O–H groups in total. The Morgan fingerprint density at radius 1 is 0.750 bits per heavy atom. The molecule has 2 aromatic carbocycles. The van der Waals surface area contributed by atoms with Gasteiger partial charge in [-0.1, -0.05) is 29.8 Å². The maximum atomic E-state index is 13.7. The molecular formula is C14H12F2. The van der Waals surface area contributed by atoms with Crippen LogP contribution in [-0.4, -0.2) is 0 Å². The Morgan fingerprint density at radius 2 is 1.25 bits per heavy atom. The third-order valence-corrected chi connectivity index (χ3v) is 2.53. The van der Waals surface area contributed by atoms with Crippen molar-refractivity contribution in [2.45, 2.75) is 13.8 Å². The molecule has 2 heteroatoms. The van der Waals surface area contributed by atoms with Crippen molar-refractivity contribution in [3.05, 3.63) is 59.2 Å². The van der Waals surface area contributed by atoms with E-state index in [-0.39, 0.29) is 5.56 Å². The molecule has 0 aromatic heterocycles. The second-order valence-corrected chi connectivity index (χ2v) is 3.97. The van der Waals surface area contributed by atoms with E-state index in [0.717, 1.165) is 5.56 Å². The molecule has 0 nitrogen and oxygen atoms in total. The van der Waals surface area contributed by atoms with Crippen molar-refractivity contribution in [3.8, 4) is 11.1 Å². The summed E-state index contributed by atoms with van der Waals surface area (Å²) in [7, 11) is 0. The first-order valence-corrected chi connectivity index (χ1v) is 5.10. The van der Waals surface area contributed by atoms with Gasteiger partial charge in [0.25, 0.3) is 0 Å². The van der Waals surface area contributed by atoms with E-state index in [4.69, 9.17) is 0 Å². The van der Waals surface area contributed by atoms with Crippen molar-refractivity contribution in [1.82, 2.24) is 0 Å². The van der Waals surface area contributed by atoms with E-state index in [2.05, 4.69) is 0 Å². The predicted molar refractivity (Wildman–Crippen MR) is 61.3 cm³/mol. The van der Waals surface area contributed by atoms with Crippen LogP contribution in [-0.2, 0) is 0 Å². The van der Waals surface area contributed by atoms with Gasteiger partial charge in [0, 0.05) is 0 Å². The fourth-order valence-corrected chi connectivity index (χ4v) is 1.70. The predicted octanol–water partition coefficient (Wildman–Crippen LogP) is 4.25. The zero-order valence-electron chi connectivity index (χ0n) is 9.22. The summed E-state index contributed by atoms with van der Waals surface area (Å²) in [4.78, 5) is 0. The lowest BCUT2D eigenvalue weighted by Gasteiger charge is -2.06. The van der Waals surface area contributed by atoms with E-state index >= 15 is 0 Å². The number of hydrogen-bond acceptors (Lipinski definition) is 0. The highest BCUT2D eigenvalue weighted by Crippen LogP contribution is 2.27. The van der Waals surface area contributed by atoms with Crippen LogP contribution in [0.25, 0.3) is 11.1 Å². The summed E-state index contributed by atoms with van der Waals surface area (Å²) in [5, 5.41) is 0. The van der Waals surface area contributed by atoms with Crippen molar-refractivity contribution >= 4 is 0 Å². The molecule has 0 saturated carbocycles. The number of aryl methyl sites for hydroxylation is 2. The molecule has 0 radical (unpaired) electrons. The van der Waals surface area contributed by atoms with E-state index in [1.807, 2.05) is 19.1 Å². The molecular weight excluding hydrogens is 206 g/mol. The topological polar surface area (TPSA) is 0 Å². The molecule has 0 aliphatic heterocycles. The van der Waals surface area contributed by atoms with Crippen LogP contribution < -0.4 is 0 Å². The lowest BCUT2D eigenvalue weighted by atomic mass is 10.0. The minimum Gasteiger partial charge on any atom is -0.206 e. The minimum absolute atomic E-state index is 0.0469. The van der Waals surface area contributed by atoms with Gasteiger partial charge in [-0.3, -0.25) is 0 Å². The summed E-state index contributed by atoms with van der Waals surface area (Å²) in [6, 6.07) is 9.83. The van der Waals surface area contributed by atoms with Crippen LogP contribution in [0.3, 0.4) is 0 Å². The third-order valence-electron chi connectivity index (χ3n) is 2.53. The standard InChI is InChI=1S/C14H12F2/c1-9-3-5-11(6-4-9)14-12(15)7-10(2)8-13(14)16/h3-8H,1-2H3. The minimum atomic E-state index is -0.513. The van der Waals surface area contributed by atoms with Gasteiger partial charge >= 0.3 is 0 Å². The SMILES string of the molecule is Cc1ccc(-c2c(F)cc(C)cc2F)cc1. The third kappa shape index (κ3) is 1.96. The Balaban J connectivity index is 2.60. The van der Waals surface area contributed by atoms with Crippen molar-refractivity contribution in [1.29, 1.82) is 0 Å². The Hall–Kier alpha value is -1.70. The first-order chi connectivity index (χ1) is 7.58. The zero-order valence-corrected chi connectivity index (χ0v) is 9.22. The van der Waals surface area contributed by atoms with Crippen molar-refractivity contribution in [2.75, 3.05) is 0 Å². The van der Waals surface area contributed by atoms with Gasteiger partial charge < -0.3 is 0 Å². The molecule has 0 bridgehead atoms. The zero-order chi connectivity index (χ0) is 11.7. The van der Waals surface area contributed by atoms with E-state index in [1.54, 1.807) is 19.1 Å². The molecule has 0 atom stereocenters. The van der Waals surface area contributed by atoms with Gasteiger partial charge in [0.1, 0.15) is 11.6 Å². The Kier molecular flexibility index (Phi) is 2.73. The molecule has 0 amide bonds. The van der Waals surface area contributed by atoms with Gasteiger partial charge in [0.15, 0.2) is 0 Å². The highest BCUT2D eigenvalue weighted by atomic mass is 19.1. The summed E-state index contributed by atoms with van der Waals surface area (Å²) in [5.41, 5.74) is 2.27. The molecule has 0 fully saturated rings. The summed E-state index contributed by atoms with van der Waals surface area (Å²) in [6.07, 6.45) is 0. The van der Waals surface area contributed by atoms with E-state index in [9.17, 15) is 8.78 Å². The summed E-state index contributed by atoms with van der Waals surface area (Å²) in [6.45, 7) is 3.61. The number of rotatable bonds is 1. The second-order valence-electron chi connectivity index (χ2n) is 3.97. The molecule has 0 spiro atoms. The van der Waals surface area contributed by atoms with Crippen molar-refractivity contribution < 1.29 is 8.78 Å². The molecule has 0 saturated heterocycles. The average molecular weight is 218 g/mol. The lowest BCUT2D eigenvalue weighted by Crippen LogP contribution is -1.91. The Morgan fingerprint density at radius 3 is 1.75 bits per heavy atom. The molecule has 2 rings (SSSR count). The van der Waals surface area contributed by atoms with Crippen LogP contribution in [0.15, 0.2) is 36.4 Å². The molecule has 16 heavy (non-hydrogen) atoms. The van der Waals surface area contributed by atoms with Gasteiger partial charge in [-0.05, 0) is 37.1 Å². The summed E-state index contributed by atoms with van der Waals surface area (Å²) >= 11 is 0. The molecule has 0 heterocycles. The van der Waals surface area contributed by atoms with Gasteiger partial charge in [-0.15, -0.1) is 0 Å². The van der Waals surface area contributed by atoms with Crippen molar-refractivity contribution in [3.63, 3.8) is 0 Å². The quantitative estimate of drug-likeness (QED) is 0.671. The highest BCUT2D eigenvalue weighted by molar-refractivity contribution is 5.65. The molecule has 0 aliphatic rings. The van der Waals surface area contributed by atoms with E-state index in [1.165, 1.54) is 12.1 Å². The van der Waals surface area contributed by atoms with Crippen molar-refractivity contribution in [2.24, 2.45) is 0 Å². The second kappa shape index (κ2) is 4.05. The fourth-order valence-electron chi connectivity index (χ4n) is 1.70. The van der Waals surface area contributed by atoms with Crippen LogP contribution in [0.2, 0.25) is 0 Å². The van der Waals surface area contributed by atoms with E-state index < -0.39 is 11.6 Å². The van der Waals surface area contributed by atoms with Gasteiger partial charge in [-0.2, -0.15) is 0 Å². The van der Waals surface area contributed by atoms with Crippen LogP contribution in [0.5, 0.6) is 0 Å². The van der Waals surface area contributed by atoms with E-state index in [0.29, 0.717) is 11.1 Å². The molecule has 0 aliphatic carbocycles. The first kappa shape index (κ1) is 10.8. The van der Waals surface area contributed by atoms with Crippen LogP contribution >= 0.6 is 0 Å². The maximum absolute atomic E-state index is 13.7. The van der Waals surface area contributed by atoms with Crippen LogP contribution in [0.4, 0.5) is 8.78 Å². The first-order valence-electron chi connectivity index (χ1n) is 5.10. The molecule has 0 unspecified atom stereocenters. The van der Waals surface area contributed by atoms with Gasteiger partial charge in [0.05, 0.1) is 5.56 Å². The highest BCUT2D eigenvalue weighted by Gasteiger charge is 2.11. The van der Waals surface area contributed by atoms with Crippen LogP contribution in [0.1, 0.15) is 11.1 Å². The fraction of sp³-hybridized carbons (Fsp3) is 0.143. The smallest absolute Gasteiger partial charge is 0.134 e. The number of hydrogen-bond donors (Lipinski definition) is 0. The monoisotopic (exact) mass is 218 g/mol. The largest absolute Gasteiger partial charge is 0.206 e. The van der Waals surface area contributed by atoms with Crippen LogP contribution in [0, 0.1) is 25.5 Å². The Labute approximate surface area is 93.5 Å². The maximum Gasteiger partial charge on any atom is 0.134 e. The Bertz CT molecular complexity index is 490.